The van der Waals surface area contributed by atoms with Crippen molar-refractivity contribution in [2.24, 2.45) is 23.7 Å². The molecule has 358 valence electrons. The van der Waals surface area contributed by atoms with Crippen LogP contribution in [0.2, 0.25) is 0 Å². The number of rotatable bonds is 8. The SMILES string of the molecule is COC1CC(OC2C(C)OC(OC3/C(C)=C\CC4CC(CC5(C=CC(C)C(C(C)C)O5)O4)OC(=O)C4C=C(C)C(O)C5OC/C(=C/C=C\C3C)C45O)CC2OC)OC(C)C1NC(C)=O. The summed E-state index contributed by atoms with van der Waals surface area (Å²) in [5, 5.41) is 26.7. The maximum Gasteiger partial charge on any atom is 0.316 e. The zero-order valence-corrected chi connectivity index (χ0v) is 39.5. The Labute approximate surface area is 378 Å². The zero-order chi connectivity index (χ0) is 46.2. The first-order valence-corrected chi connectivity index (χ1v) is 23.3. The molecule has 64 heavy (non-hydrogen) atoms. The molecule has 19 unspecified atom stereocenters. The summed E-state index contributed by atoms with van der Waals surface area (Å²) in [6.07, 6.45) is 8.46. The van der Waals surface area contributed by atoms with Crippen molar-refractivity contribution < 1.29 is 67.2 Å². The lowest BCUT2D eigenvalue weighted by Crippen LogP contribution is -2.58. The fourth-order valence-corrected chi connectivity index (χ4v) is 10.9. The Hall–Kier alpha value is -2.80. The number of allylic oxidation sites excluding steroid dienone is 2. The highest BCUT2D eigenvalue weighted by atomic mass is 16.7. The number of fused-ring (bicyclic) bond motifs is 2. The van der Waals surface area contributed by atoms with Gasteiger partial charge in [0.05, 0.1) is 55.4 Å². The third-order valence-corrected chi connectivity index (χ3v) is 14.4. The molecule has 15 nitrogen and oxygen atoms in total. The molecular formula is C49H73NO14. The second kappa shape index (κ2) is 20.2. The lowest BCUT2D eigenvalue weighted by atomic mass is 9.71. The highest BCUT2D eigenvalue weighted by Gasteiger charge is 2.60. The summed E-state index contributed by atoms with van der Waals surface area (Å²) < 4.78 is 64.2. The second-order valence-electron chi connectivity index (χ2n) is 19.5. The second-order valence-corrected chi connectivity index (χ2v) is 19.5. The maximum absolute atomic E-state index is 14.3. The minimum Gasteiger partial charge on any atom is -0.462 e. The molecule has 4 fully saturated rings. The van der Waals surface area contributed by atoms with Gasteiger partial charge in [-0.2, -0.15) is 0 Å². The topological polar surface area (TPSA) is 179 Å². The molecule has 1 spiro atoms. The van der Waals surface area contributed by atoms with Crippen LogP contribution >= 0.6 is 0 Å². The Morgan fingerprint density at radius 3 is 2.31 bits per heavy atom. The zero-order valence-electron chi connectivity index (χ0n) is 39.5. The Balaban J connectivity index is 1.16. The molecule has 19 atom stereocenters. The van der Waals surface area contributed by atoms with Crippen molar-refractivity contribution in [2.75, 3.05) is 20.8 Å². The molecule has 6 heterocycles. The molecule has 3 N–H and O–H groups in total. The largest absolute Gasteiger partial charge is 0.462 e. The van der Waals surface area contributed by atoms with Gasteiger partial charge in [0.2, 0.25) is 5.91 Å². The monoisotopic (exact) mass is 900 g/mol. The molecule has 2 bridgehead atoms. The first kappa shape index (κ1) is 49.1. The number of hydrogen-bond donors (Lipinski definition) is 3. The molecule has 1 amide bonds. The molecule has 0 aromatic rings. The predicted molar refractivity (Wildman–Crippen MR) is 234 cm³/mol. The van der Waals surface area contributed by atoms with E-state index in [1.165, 1.54) is 6.92 Å². The number of carbonyl (C=O) groups is 2. The summed E-state index contributed by atoms with van der Waals surface area (Å²) in [6.45, 7) is 17.5. The van der Waals surface area contributed by atoms with Crippen LogP contribution in [0, 0.1) is 23.7 Å². The Bertz CT molecular complexity index is 1830. The number of aliphatic hydroxyl groups is 2. The fraction of sp³-hybridized carbons (Fsp3) is 0.755. The van der Waals surface area contributed by atoms with Crippen LogP contribution in [-0.4, -0.2) is 140 Å². The molecule has 0 aromatic heterocycles. The van der Waals surface area contributed by atoms with Crippen LogP contribution < -0.4 is 5.32 Å². The smallest absolute Gasteiger partial charge is 0.316 e. The average Bonchev–Trinajstić information content (AvgIpc) is 3.58. The highest BCUT2D eigenvalue weighted by Crippen LogP contribution is 2.47. The lowest BCUT2D eigenvalue weighted by molar-refractivity contribution is -0.311. The highest BCUT2D eigenvalue weighted by molar-refractivity contribution is 5.78. The number of carbonyl (C=O) groups excluding carboxylic acids is 2. The van der Waals surface area contributed by atoms with E-state index in [4.69, 9.17) is 47.4 Å². The number of hydrogen-bond acceptors (Lipinski definition) is 14. The van der Waals surface area contributed by atoms with Crippen molar-refractivity contribution in [3.8, 4) is 0 Å². The standard InChI is InChI=1S/C49H73NO14/c1-25(2)43-28(5)17-18-48(64-43)23-35-20-34(63-48)16-15-27(4)44(26(3)13-12-14-33-24-57-46-42(52)29(6)19-36(47(53)60-35)49(33,46)54)61-40-22-38(56-11)45(31(8)59-40)62-39-21-37(55-10)41(30(7)58-39)50-32(9)51/h12-15,17-19,25-26,28,30-31,34-46,52,54H,16,20-24H2,1-11H3,(H,50,51)/b13-12-,27-15-,33-14-. The van der Waals surface area contributed by atoms with E-state index in [-0.39, 0.29) is 61.0 Å². The van der Waals surface area contributed by atoms with Gasteiger partial charge in [-0.1, -0.05) is 64.2 Å². The van der Waals surface area contributed by atoms with Gasteiger partial charge in [-0.3, -0.25) is 9.59 Å². The Morgan fingerprint density at radius 1 is 0.906 bits per heavy atom. The van der Waals surface area contributed by atoms with Crippen LogP contribution in [0.5, 0.6) is 0 Å². The third-order valence-electron chi connectivity index (χ3n) is 14.4. The molecule has 4 saturated heterocycles. The quantitative estimate of drug-likeness (QED) is 0.216. The molecule has 15 heteroatoms. The number of nitrogens with one attached hydrogen (secondary N) is 1. The van der Waals surface area contributed by atoms with E-state index < -0.39 is 84.7 Å². The van der Waals surface area contributed by atoms with Crippen LogP contribution in [0.25, 0.3) is 0 Å². The van der Waals surface area contributed by atoms with E-state index in [2.05, 4.69) is 45.2 Å². The molecule has 1 aliphatic carbocycles. The molecule has 7 rings (SSSR count). The fourth-order valence-electron chi connectivity index (χ4n) is 10.9. The van der Waals surface area contributed by atoms with Crippen molar-refractivity contribution in [1.82, 2.24) is 5.32 Å². The van der Waals surface area contributed by atoms with Gasteiger partial charge in [0.1, 0.15) is 35.9 Å². The van der Waals surface area contributed by atoms with E-state index in [0.29, 0.717) is 36.8 Å². The minimum absolute atomic E-state index is 0.0266. The van der Waals surface area contributed by atoms with E-state index in [0.717, 1.165) is 5.57 Å². The van der Waals surface area contributed by atoms with Crippen LogP contribution in [0.3, 0.4) is 0 Å². The van der Waals surface area contributed by atoms with Crippen LogP contribution in [0.1, 0.15) is 94.4 Å². The summed E-state index contributed by atoms with van der Waals surface area (Å²) in [4.78, 5) is 26.2. The Morgan fingerprint density at radius 2 is 1.61 bits per heavy atom. The molecule has 7 aliphatic rings. The van der Waals surface area contributed by atoms with Crippen molar-refractivity contribution in [2.45, 2.75) is 192 Å². The first-order valence-electron chi connectivity index (χ1n) is 23.3. The Kier molecular flexibility index (Phi) is 15.5. The number of methoxy groups -OCH3 is 2. The average molecular weight is 900 g/mol. The van der Waals surface area contributed by atoms with E-state index in [9.17, 15) is 19.8 Å². The lowest BCUT2D eigenvalue weighted by Gasteiger charge is -2.48. The number of aliphatic hydroxyl groups excluding tert-OH is 1. The van der Waals surface area contributed by atoms with E-state index in [1.54, 1.807) is 33.3 Å². The molecule has 0 saturated carbocycles. The van der Waals surface area contributed by atoms with Gasteiger partial charge in [-0.15, -0.1) is 0 Å². The van der Waals surface area contributed by atoms with E-state index in [1.807, 2.05) is 39.0 Å². The third kappa shape index (κ3) is 10.2. The van der Waals surface area contributed by atoms with Gasteiger partial charge in [-0.25, -0.2) is 0 Å². The predicted octanol–water partition coefficient (Wildman–Crippen LogP) is 5.13. The summed E-state index contributed by atoms with van der Waals surface area (Å²) in [5.74, 6) is -2.81. The van der Waals surface area contributed by atoms with Crippen LogP contribution in [0.4, 0.5) is 0 Å². The maximum atomic E-state index is 14.3. The van der Waals surface area contributed by atoms with Gasteiger partial charge >= 0.3 is 5.97 Å². The molecule has 0 radical (unpaired) electrons. The normalized spacial score (nSPS) is 47.4. The summed E-state index contributed by atoms with van der Waals surface area (Å²) >= 11 is 0. The first-order chi connectivity index (χ1) is 30.4. The van der Waals surface area contributed by atoms with Gasteiger partial charge in [0.25, 0.3) is 0 Å². The van der Waals surface area contributed by atoms with E-state index >= 15 is 0 Å². The summed E-state index contributed by atoms with van der Waals surface area (Å²) in [7, 11) is 3.27. The summed E-state index contributed by atoms with van der Waals surface area (Å²) in [5.41, 5.74) is 0.112. The van der Waals surface area contributed by atoms with Crippen molar-refractivity contribution in [3.05, 3.63) is 59.3 Å². The van der Waals surface area contributed by atoms with Crippen LogP contribution in [-0.2, 0) is 57.0 Å². The number of amides is 1. The van der Waals surface area contributed by atoms with Crippen LogP contribution in [0.15, 0.2) is 59.3 Å². The molecule has 0 aromatic carbocycles. The molecular weight excluding hydrogens is 827 g/mol. The summed E-state index contributed by atoms with van der Waals surface area (Å²) in [6, 6.07) is -0.314. The van der Waals surface area contributed by atoms with Gasteiger partial charge in [0, 0.05) is 58.7 Å². The van der Waals surface area contributed by atoms with Gasteiger partial charge < -0.3 is 62.9 Å². The number of esters is 1. The number of ether oxygens (including phenoxy) is 10. The van der Waals surface area contributed by atoms with Crippen molar-refractivity contribution >= 4 is 11.9 Å². The van der Waals surface area contributed by atoms with Gasteiger partial charge in [-0.05, 0) is 62.8 Å². The molecule has 6 aliphatic heterocycles. The van der Waals surface area contributed by atoms with Crippen molar-refractivity contribution in [1.29, 1.82) is 0 Å². The van der Waals surface area contributed by atoms with Crippen molar-refractivity contribution in [3.63, 3.8) is 0 Å². The minimum atomic E-state index is -1.84. The van der Waals surface area contributed by atoms with Gasteiger partial charge in [0.15, 0.2) is 18.4 Å².